The third-order valence-electron chi connectivity index (χ3n) is 8.75. The Labute approximate surface area is 256 Å². The third-order valence-corrected chi connectivity index (χ3v) is 8.75. The van der Waals surface area contributed by atoms with Crippen molar-refractivity contribution >= 4 is 22.6 Å². The van der Waals surface area contributed by atoms with Gasteiger partial charge in [-0.25, -0.2) is 0 Å². The molecule has 0 unspecified atom stereocenters. The third kappa shape index (κ3) is 7.89. The molecule has 1 fully saturated rings. The largest absolute Gasteiger partial charge is 0.350 e. The summed E-state index contributed by atoms with van der Waals surface area (Å²) in [4.78, 5) is 31.7. The zero-order valence-electron chi connectivity index (χ0n) is 25.4. The number of nitrogens with one attached hydrogen (secondary N) is 2. The molecule has 4 aromatic carbocycles. The van der Waals surface area contributed by atoms with Crippen LogP contribution in [0.2, 0.25) is 0 Å². The topological polar surface area (TPSA) is 64.7 Å². The normalized spacial score (nSPS) is 17.4. The number of amides is 2. The van der Waals surface area contributed by atoms with Gasteiger partial charge in [-0.05, 0) is 60.0 Å². The molecule has 2 N–H and O–H groups in total. The van der Waals surface area contributed by atoms with Crippen molar-refractivity contribution in [3.8, 4) is 0 Å². The van der Waals surface area contributed by atoms with Gasteiger partial charge in [-0.15, -0.1) is 0 Å². The molecule has 0 spiro atoms. The molecular formula is C37H44N4O2. The highest BCUT2D eigenvalue weighted by atomic mass is 16.2. The monoisotopic (exact) mass is 576 g/mol. The number of benzene rings is 4. The summed E-state index contributed by atoms with van der Waals surface area (Å²) in [7, 11) is 0. The van der Waals surface area contributed by atoms with Crippen molar-refractivity contribution in [2.75, 3.05) is 39.3 Å². The molecule has 43 heavy (non-hydrogen) atoms. The van der Waals surface area contributed by atoms with Crippen LogP contribution in [0.25, 0.3) is 10.8 Å². The molecule has 2 atom stereocenters. The minimum atomic E-state index is -0.308. The zero-order valence-corrected chi connectivity index (χ0v) is 25.4. The van der Waals surface area contributed by atoms with Crippen molar-refractivity contribution in [1.29, 1.82) is 0 Å². The summed E-state index contributed by atoms with van der Waals surface area (Å²) in [5.41, 5.74) is 3.06. The van der Waals surface area contributed by atoms with Crippen molar-refractivity contribution in [3.05, 3.63) is 120 Å². The van der Waals surface area contributed by atoms with Gasteiger partial charge in [0.05, 0.1) is 6.04 Å². The maximum atomic E-state index is 14.1. The molecule has 1 heterocycles. The lowest BCUT2D eigenvalue weighted by atomic mass is 9.90. The molecule has 5 rings (SSSR count). The molecule has 0 radical (unpaired) electrons. The molecule has 0 aromatic heterocycles. The Hall–Kier alpha value is -4.00. The molecule has 6 heteroatoms. The average Bonchev–Trinajstić information content (AvgIpc) is 3.21. The smallest absolute Gasteiger partial charge is 0.251 e. The van der Waals surface area contributed by atoms with Gasteiger partial charge in [0.15, 0.2) is 0 Å². The zero-order chi connectivity index (χ0) is 30.0. The van der Waals surface area contributed by atoms with Crippen molar-refractivity contribution in [1.82, 2.24) is 20.4 Å². The number of fused-ring (bicyclic) bond motifs is 1. The van der Waals surface area contributed by atoms with E-state index in [0.29, 0.717) is 25.2 Å². The van der Waals surface area contributed by atoms with E-state index < -0.39 is 0 Å². The highest BCUT2D eigenvalue weighted by Gasteiger charge is 2.33. The van der Waals surface area contributed by atoms with Crippen LogP contribution in [0.5, 0.6) is 0 Å². The van der Waals surface area contributed by atoms with Crippen molar-refractivity contribution in [3.63, 3.8) is 0 Å². The highest BCUT2D eigenvalue weighted by molar-refractivity contribution is 5.98. The fourth-order valence-corrected chi connectivity index (χ4v) is 6.12. The molecule has 1 aliphatic rings. The fraction of sp³-hybridized carbons (Fsp3) is 0.351. The van der Waals surface area contributed by atoms with E-state index in [0.717, 1.165) is 43.2 Å². The Morgan fingerprint density at radius 2 is 1.51 bits per heavy atom. The number of hydrogen-bond donors (Lipinski definition) is 2. The summed E-state index contributed by atoms with van der Waals surface area (Å²) in [5.74, 6) is 0.138. The maximum absolute atomic E-state index is 14.1. The Kier molecular flexibility index (Phi) is 10.6. The first-order chi connectivity index (χ1) is 21.1. The van der Waals surface area contributed by atoms with Crippen molar-refractivity contribution < 1.29 is 9.59 Å². The van der Waals surface area contributed by atoms with E-state index in [9.17, 15) is 9.59 Å². The second-order valence-electron chi connectivity index (χ2n) is 11.5. The van der Waals surface area contributed by atoms with E-state index in [4.69, 9.17) is 0 Å². The second-order valence-corrected chi connectivity index (χ2v) is 11.5. The van der Waals surface area contributed by atoms with Gasteiger partial charge < -0.3 is 20.4 Å². The number of rotatable bonds is 12. The van der Waals surface area contributed by atoms with Gasteiger partial charge in [0.2, 0.25) is 5.91 Å². The van der Waals surface area contributed by atoms with Crippen LogP contribution in [0.4, 0.5) is 0 Å². The molecule has 0 bridgehead atoms. The maximum Gasteiger partial charge on any atom is 0.251 e. The van der Waals surface area contributed by atoms with E-state index in [2.05, 4.69) is 82.8 Å². The summed E-state index contributed by atoms with van der Waals surface area (Å²) in [6.45, 7) is 8.80. The van der Waals surface area contributed by atoms with Crippen LogP contribution in [0.15, 0.2) is 103 Å². The summed E-state index contributed by atoms with van der Waals surface area (Å²) in [6, 6.07) is 34.5. The molecule has 0 aliphatic carbocycles. The molecule has 4 aromatic rings. The quantitative estimate of drug-likeness (QED) is 0.227. The molecule has 2 amide bonds. The van der Waals surface area contributed by atoms with Gasteiger partial charge >= 0.3 is 0 Å². The van der Waals surface area contributed by atoms with Crippen LogP contribution in [0, 0.1) is 0 Å². The van der Waals surface area contributed by atoms with Gasteiger partial charge in [0.25, 0.3) is 5.91 Å². The molecular weight excluding hydrogens is 532 g/mol. The van der Waals surface area contributed by atoms with E-state index in [1.54, 1.807) is 0 Å². The van der Waals surface area contributed by atoms with Gasteiger partial charge in [-0.1, -0.05) is 105 Å². The number of nitrogens with zero attached hydrogens (tertiary/aromatic N) is 2. The van der Waals surface area contributed by atoms with Crippen LogP contribution in [0.1, 0.15) is 54.1 Å². The van der Waals surface area contributed by atoms with Crippen LogP contribution in [0.3, 0.4) is 0 Å². The molecule has 0 saturated carbocycles. The van der Waals surface area contributed by atoms with E-state index in [1.165, 1.54) is 11.1 Å². The highest BCUT2D eigenvalue weighted by Crippen LogP contribution is 2.27. The van der Waals surface area contributed by atoms with Crippen LogP contribution >= 0.6 is 0 Å². The average molecular weight is 577 g/mol. The standard InChI is InChI=1S/C37H44N4O2/c1-3-40(4-2)23-22-35-37(43)41(27-34(29-14-7-5-8-15-29)30-16-9-6-10-17-30)24-21-33(39-35)26-38-36(42)32-20-19-28-13-11-12-18-31(28)25-32/h5-20,25,33-35,39H,3-4,21-24,26-27H2,1-2H3,(H,38,42)/t33-,35-/m1/s1. The van der Waals surface area contributed by atoms with Gasteiger partial charge in [-0.2, -0.15) is 0 Å². The number of carbonyl (C=O) groups excluding carboxylic acids is 2. The first-order valence-electron chi connectivity index (χ1n) is 15.7. The molecule has 224 valence electrons. The van der Waals surface area contributed by atoms with Crippen LogP contribution in [-0.2, 0) is 4.79 Å². The summed E-state index contributed by atoms with van der Waals surface area (Å²) >= 11 is 0. The lowest BCUT2D eigenvalue weighted by molar-refractivity contribution is -0.133. The van der Waals surface area contributed by atoms with Crippen LogP contribution < -0.4 is 10.6 Å². The fourth-order valence-electron chi connectivity index (χ4n) is 6.12. The predicted octanol–water partition coefficient (Wildman–Crippen LogP) is 5.69. The number of carbonyl (C=O) groups is 2. The summed E-state index contributed by atoms with van der Waals surface area (Å²) in [5, 5.41) is 8.97. The second kappa shape index (κ2) is 14.9. The Morgan fingerprint density at radius 1 is 0.884 bits per heavy atom. The SMILES string of the molecule is CCN(CC)CC[C@H]1N[C@@H](CNC(=O)c2ccc3ccccc3c2)CCN(CC(c2ccccc2)c2ccccc2)C1=O. The molecule has 1 aliphatic heterocycles. The van der Waals surface area contributed by atoms with E-state index in [1.807, 2.05) is 54.6 Å². The van der Waals surface area contributed by atoms with Crippen LogP contribution in [-0.4, -0.2) is 73.0 Å². The van der Waals surface area contributed by atoms with Gasteiger partial charge in [0.1, 0.15) is 0 Å². The van der Waals surface area contributed by atoms with Gasteiger partial charge in [0, 0.05) is 43.7 Å². The molecule has 6 nitrogen and oxygen atoms in total. The first kappa shape index (κ1) is 30.5. The van der Waals surface area contributed by atoms with Crippen molar-refractivity contribution in [2.24, 2.45) is 0 Å². The Morgan fingerprint density at radius 3 is 2.16 bits per heavy atom. The molecule has 1 saturated heterocycles. The van der Waals surface area contributed by atoms with Crippen molar-refractivity contribution in [2.45, 2.75) is 44.7 Å². The minimum Gasteiger partial charge on any atom is -0.350 e. The number of hydrogen-bond acceptors (Lipinski definition) is 4. The lowest BCUT2D eigenvalue weighted by Crippen LogP contribution is -2.50. The minimum absolute atomic E-state index is 0.00744. The lowest BCUT2D eigenvalue weighted by Gasteiger charge is -2.30. The predicted molar refractivity (Wildman–Crippen MR) is 175 cm³/mol. The Balaban J connectivity index is 1.32. The first-order valence-corrected chi connectivity index (χ1v) is 15.7. The summed E-state index contributed by atoms with van der Waals surface area (Å²) < 4.78 is 0. The van der Waals surface area contributed by atoms with Gasteiger partial charge in [-0.3, -0.25) is 9.59 Å². The van der Waals surface area contributed by atoms with E-state index >= 15 is 0 Å². The Bertz CT molecular complexity index is 1430. The summed E-state index contributed by atoms with van der Waals surface area (Å²) in [6.07, 6.45) is 1.50. The van der Waals surface area contributed by atoms with E-state index in [-0.39, 0.29) is 29.8 Å².